The van der Waals surface area contributed by atoms with Gasteiger partial charge in [0.1, 0.15) is 5.76 Å². The van der Waals surface area contributed by atoms with Crippen LogP contribution in [0.2, 0.25) is 0 Å². The second kappa shape index (κ2) is 4.61. The van der Waals surface area contributed by atoms with Crippen LogP contribution in [0.5, 0.6) is 0 Å². The molecule has 0 atom stereocenters. The minimum atomic E-state index is -0.366. The van der Waals surface area contributed by atoms with E-state index in [9.17, 15) is 4.79 Å². The molecule has 0 aliphatic heterocycles. The zero-order valence-electron chi connectivity index (χ0n) is 10.3. The Morgan fingerprint density at radius 3 is 2.61 bits per heavy atom. The fourth-order valence-electron chi connectivity index (χ4n) is 1.30. The summed E-state index contributed by atoms with van der Waals surface area (Å²) in [4.78, 5) is 11.8. The van der Waals surface area contributed by atoms with Crippen molar-refractivity contribution >= 4 is 27.7 Å². The predicted octanol–water partition coefficient (Wildman–Crippen LogP) is 3.58. The second-order valence-electron chi connectivity index (χ2n) is 4.88. The summed E-state index contributed by atoms with van der Waals surface area (Å²) < 4.78 is 10.8. The monoisotopic (exact) mass is 312 g/mol. The van der Waals surface area contributed by atoms with Crippen LogP contribution in [-0.2, 0) is 5.41 Å². The highest BCUT2D eigenvalue weighted by atomic mass is 79.9. The molecule has 1 N–H and O–H groups in total. The third kappa shape index (κ3) is 2.81. The van der Waals surface area contributed by atoms with Crippen LogP contribution in [0.1, 0.15) is 37.1 Å². The van der Waals surface area contributed by atoms with Crippen molar-refractivity contribution in [2.75, 3.05) is 5.32 Å². The summed E-state index contributed by atoms with van der Waals surface area (Å²) in [6.45, 7) is 6.01. The lowest BCUT2D eigenvalue weighted by Crippen LogP contribution is -2.11. The lowest BCUT2D eigenvalue weighted by atomic mass is 9.93. The average Bonchev–Trinajstić information content (AvgIpc) is 2.85. The van der Waals surface area contributed by atoms with E-state index in [4.69, 9.17) is 8.94 Å². The molecule has 0 saturated carbocycles. The highest BCUT2D eigenvalue weighted by molar-refractivity contribution is 9.10. The van der Waals surface area contributed by atoms with Crippen LogP contribution >= 0.6 is 15.9 Å². The van der Waals surface area contributed by atoms with Gasteiger partial charge in [-0.15, -0.1) is 0 Å². The number of aromatic nitrogens is 1. The van der Waals surface area contributed by atoms with Gasteiger partial charge in [-0.05, 0) is 28.1 Å². The van der Waals surface area contributed by atoms with E-state index < -0.39 is 0 Å². The third-order valence-electron chi connectivity index (χ3n) is 2.29. The first kappa shape index (κ1) is 12.9. The van der Waals surface area contributed by atoms with Gasteiger partial charge in [-0.1, -0.05) is 25.9 Å². The SMILES string of the molecule is CC(C)(C)c1cc(NC(=O)c2ccc(Br)o2)no1. The number of amides is 1. The highest BCUT2D eigenvalue weighted by Gasteiger charge is 2.21. The van der Waals surface area contributed by atoms with Gasteiger partial charge in [0.25, 0.3) is 5.91 Å². The maximum atomic E-state index is 11.8. The summed E-state index contributed by atoms with van der Waals surface area (Å²) in [5.74, 6) is 0.924. The van der Waals surface area contributed by atoms with E-state index >= 15 is 0 Å². The van der Waals surface area contributed by atoms with Crippen LogP contribution in [0.25, 0.3) is 0 Å². The summed E-state index contributed by atoms with van der Waals surface area (Å²) in [5.41, 5.74) is -0.149. The Morgan fingerprint density at radius 2 is 2.11 bits per heavy atom. The van der Waals surface area contributed by atoms with Crippen molar-refractivity contribution in [3.63, 3.8) is 0 Å². The molecule has 0 bridgehead atoms. The molecule has 18 heavy (non-hydrogen) atoms. The Morgan fingerprint density at radius 1 is 1.39 bits per heavy atom. The normalized spacial score (nSPS) is 11.6. The van der Waals surface area contributed by atoms with Crippen molar-refractivity contribution in [2.24, 2.45) is 0 Å². The number of hydrogen-bond acceptors (Lipinski definition) is 4. The summed E-state index contributed by atoms with van der Waals surface area (Å²) in [7, 11) is 0. The number of nitrogens with one attached hydrogen (secondary N) is 1. The minimum absolute atomic E-state index is 0.149. The van der Waals surface area contributed by atoms with Gasteiger partial charge in [-0.25, -0.2) is 0 Å². The van der Waals surface area contributed by atoms with Crippen LogP contribution in [0.15, 0.2) is 31.8 Å². The lowest BCUT2D eigenvalue weighted by molar-refractivity contribution is 0.0994. The van der Waals surface area contributed by atoms with E-state index in [1.807, 2.05) is 20.8 Å². The number of carbonyl (C=O) groups excluding carboxylic acids is 1. The van der Waals surface area contributed by atoms with Gasteiger partial charge in [0.05, 0.1) is 0 Å². The maximum absolute atomic E-state index is 11.8. The molecule has 0 spiro atoms. The molecule has 5 nitrogen and oxygen atoms in total. The fraction of sp³-hybridized carbons (Fsp3) is 0.333. The number of anilines is 1. The molecule has 96 valence electrons. The van der Waals surface area contributed by atoms with Gasteiger partial charge >= 0.3 is 0 Å². The first-order chi connectivity index (χ1) is 8.36. The molecule has 2 heterocycles. The van der Waals surface area contributed by atoms with Crippen LogP contribution in [0.4, 0.5) is 5.82 Å². The Kier molecular flexibility index (Phi) is 3.30. The molecule has 0 radical (unpaired) electrons. The number of rotatable bonds is 2. The molecule has 2 aromatic rings. The topological polar surface area (TPSA) is 68.3 Å². The van der Waals surface area contributed by atoms with Gasteiger partial charge in [0, 0.05) is 11.5 Å². The van der Waals surface area contributed by atoms with Crippen molar-refractivity contribution < 1.29 is 13.7 Å². The first-order valence-electron chi connectivity index (χ1n) is 5.40. The minimum Gasteiger partial charge on any atom is -0.444 e. The molecule has 0 fully saturated rings. The Hall–Kier alpha value is -1.56. The molecule has 0 aliphatic rings. The molecule has 2 rings (SSSR count). The van der Waals surface area contributed by atoms with Crippen molar-refractivity contribution in [1.82, 2.24) is 5.16 Å². The number of carbonyl (C=O) groups is 1. The van der Waals surface area contributed by atoms with Gasteiger partial charge in [-0.2, -0.15) is 0 Å². The van der Waals surface area contributed by atoms with Crippen molar-refractivity contribution in [3.8, 4) is 0 Å². The largest absolute Gasteiger partial charge is 0.444 e. The number of nitrogens with zero attached hydrogens (tertiary/aromatic N) is 1. The van der Waals surface area contributed by atoms with Crippen LogP contribution in [-0.4, -0.2) is 11.1 Å². The standard InChI is InChI=1S/C12H13BrN2O3/c1-12(2,3)8-6-10(15-18-8)14-11(16)7-4-5-9(13)17-7/h4-6H,1-3H3,(H,14,15,16). The summed E-state index contributed by atoms with van der Waals surface area (Å²) in [5, 5.41) is 6.40. The average molecular weight is 313 g/mol. The Bertz CT molecular complexity index is 566. The van der Waals surface area contributed by atoms with Gasteiger partial charge in [0.2, 0.25) is 0 Å². The van der Waals surface area contributed by atoms with E-state index in [-0.39, 0.29) is 17.1 Å². The van der Waals surface area contributed by atoms with Crippen LogP contribution in [0, 0.1) is 0 Å². The molecular weight excluding hydrogens is 300 g/mol. The smallest absolute Gasteiger partial charge is 0.292 e. The van der Waals surface area contributed by atoms with E-state index in [1.54, 1.807) is 18.2 Å². The number of hydrogen-bond donors (Lipinski definition) is 1. The van der Waals surface area contributed by atoms with Gasteiger partial charge < -0.3 is 14.3 Å². The molecule has 0 aromatic carbocycles. The Balaban J connectivity index is 2.10. The summed E-state index contributed by atoms with van der Waals surface area (Å²) >= 11 is 3.14. The molecular formula is C12H13BrN2O3. The van der Waals surface area contributed by atoms with E-state index in [0.717, 1.165) is 0 Å². The Labute approximate surface area is 113 Å². The molecule has 1 amide bonds. The number of halogens is 1. The van der Waals surface area contributed by atoms with Crippen LogP contribution in [0.3, 0.4) is 0 Å². The van der Waals surface area contributed by atoms with E-state index in [2.05, 4.69) is 26.4 Å². The molecule has 6 heteroatoms. The fourth-order valence-corrected chi connectivity index (χ4v) is 1.61. The van der Waals surface area contributed by atoms with E-state index in [0.29, 0.717) is 16.2 Å². The summed E-state index contributed by atoms with van der Waals surface area (Å²) in [6, 6.07) is 4.93. The van der Waals surface area contributed by atoms with Crippen molar-refractivity contribution in [2.45, 2.75) is 26.2 Å². The zero-order valence-corrected chi connectivity index (χ0v) is 11.9. The van der Waals surface area contributed by atoms with Crippen molar-refractivity contribution in [3.05, 3.63) is 34.4 Å². The third-order valence-corrected chi connectivity index (χ3v) is 2.71. The highest BCUT2D eigenvalue weighted by Crippen LogP contribution is 2.24. The zero-order chi connectivity index (χ0) is 13.3. The molecule has 2 aromatic heterocycles. The van der Waals surface area contributed by atoms with Crippen LogP contribution < -0.4 is 5.32 Å². The molecule has 0 saturated heterocycles. The predicted molar refractivity (Wildman–Crippen MR) is 69.6 cm³/mol. The van der Waals surface area contributed by atoms with E-state index in [1.165, 1.54) is 0 Å². The maximum Gasteiger partial charge on any atom is 0.292 e. The summed E-state index contributed by atoms with van der Waals surface area (Å²) in [6.07, 6.45) is 0. The van der Waals surface area contributed by atoms with Gasteiger partial charge in [-0.3, -0.25) is 4.79 Å². The van der Waals surface area contributed by atoms with Gasteiger partial charge in [0.15, 0.2) is 16.2 Å². The molecule has 0 aliphatic carbocycles. The quantitative estimate of drug-likeness (QED) is 0.920. The number of furan rings is 1. The molecule has 0 unspecified atom stereocenters. The lowest BCUT2D eigenvalue weighted by Gasteiger charge is -2.11. The second-order valence-corrected chi connectivity index (χ2v) is 5.67. The first-order valence-corrected chi connectivity index (χ1v) is 6.19. The van der Waals surface area contributed by atoms with Crippen molar-refractivity contribution in [1.29, 1.82) is 0 Å².